The highest BCUT2D eigenvalue weighted by Gasteiger charge is 2.21. The normalized spacial score (nSPS) is 14.1. The van der Waals surface area contributed by atoms with E-state index in [0.717, 1.165) is 16.5 Å². The molecule has 1 aromatic rings. The lowest BCUT2D eigenvalue weighted by Crippen LogP contribution is -2.17. The maximum absolute atomic E-state index is 9.68. The van der Waals surface area contributed by atoms with Crippen LogP contribution in [-0.2, 0) is 6.42 Å². The van der Waals surface area contributed by atoms with Crippen LogP contribution in [0.5, 0.6) is 17.2 Å². The van der Waals surface area contributed by atoms with E-state index in [9.17, 15) is 5.11 Å². The summed E-state index contributed by atoms with van der Waals surface area (Å²) < 4.78 is 11.7. The zero-order chi connectivity index (χ0) is 10.1. The molecule has 0 saturated heterocycles. The molecule has 4 heteroatoms. The van der Waals surface area contributed by atoms with Gasteiger partial charge in [0.25, 0.3) is 0 Å². The minimum Gasteiger partial charge on any atom is -0.507 e. The van der Waals surface area contributed by atoms with Crippen molar-refractivity contribution >= 4 is 15.9 Å². The summed E-state index contributed by atoms with van der Waals surface area (Å²) in [6.07, 6.45) is 0.727. The first-order valence-corrected chi connectivity index (χ1v) is 5.33. The Hall–Kier alpha value is -0.900. The molecule has 0 amide bonds. The van der Waals surface area contributed by atoms with Crippen molar-refractivity contribution in [2.24, 2.45) is 0 Å². The first-order valence-electron chi connectivity index (χ1n) is 4.54. The van der Waals surface area contributed by atoms with Gasteiger partial charge in [-0.25, -0.2) is 0 Å². The van der Waals surface area contributed by atoms with Crippen LogP contribution in [0.3, 0.4) is 0 Å². The number of ether oxygens (including phenoxy) is 2. The monoisotopic (exact) mass is 258 g/mol. The van der Waals surface area contributed by atoms with Crippen LogP contribution in [0.25, 0.3) is 0 Å². The third-order valence-electron chi connectivity index (χ3n) is 2.20. The van der Waals surface area contributed by atoms with E-state index in [-0.39, 0.29) is 5.75 Å². The average Bonchev–Trinajstić information content (AvgIpc) is 2.18. The van der Waals surface area contributed by atoms with Crippen LogP contribution < -0.4 is 9.47 Å². The SMILES string of the molecule is CCc1c(O)cc(Br)c2c1OCCO2. The minimum atomic E-state index is 0.253. The summed E-state index contributed by atoms with van der Waals surface area (Å²) >= 11 is 3.33. The highest BCUT2D eigenvalue weighted by Crippen LogP contribution is 2.44. The predicted molar refractivity (Wildman–Crippen MR) is 56.2 cm³/mol. The van der Waals surface area contributed by atoms with Crippen LogP contribution in [0.2, 0.25) is 0 Å². The Morgan fingerprint density at radius 2 is 2.00 bits per heavy atom. The summed E-state index contributed by atoms with van der Waals surface area (Å²) in [5.41, 5.74) is 0.808. The maximum atomic E-state index is 9.68. The van der Waals surface area contributed by atoms with Crippen molar-refractivity contribution in [3.05, 3.63) is 16.1 Å². The Bertz CT molecular complexity index is 343. The second-order valence-corrected chi connectivity index (χ2v) is 3.92. The summed E-state index contributed by atoms with van der Waals surface area (Å²) in [6, 6.07) is 1.65. The number of phenolic OH excluding ortho intramolecular Hbond substituents is 1. The zero-order valence-electron chi connectivity index (χ0n) is 7.84. The van der Waals surface area contributed by atoms with E-state index in [1.54, 1.807) is 6.07 Å². The molecule has 1 heterocycles. The van der Waals surface area contributed by atoms with Gasteiger partial charge >= 0.3 is 0 Å². The number of fused-ring (bicyclic) bond motifs is 1. The van der Waals surface area contributed by atoms with Crippen molar-refractivity contribution in [1.82, 2.24) is 0 Å². The first kappa shape index (κ1) is 9.65. The molecule has 1 aliphatic rings. The van der Waals surface area contributed by atoms with E-state index in [2.05, 4.69) is 15.9 Å². The molecule has 0 aliphatic carbocycles. The second kappa shape index (κ2) is 3.69. The molecule has 1 aromatic carbocycles. The van der Waals surface area contributed by atoms with Crippen molar-refractivity contribution < 1.29 is 14.6 Å². The molecule has 0 unspecified atom stereocenters. The van der Waals surface area contributed by atoms with Crippen molar-refractivity contribution in [1.29, 1.82) is 0 Å². The number of halogens is 1. The Balaban J connectivity index is 2.61. The van der Waals surface area contributed by atoms with Crippen LogP contribution in [0, 0.1) is 0 Å². The van der Waals surface area contributed by atoms with Crippen LogP contribution >= 0.6 is 15.9 Å². The molecule has 2 rings (SSSR count). The summed E-state index contributed by atoms with van der Waals surface area (Å²) in [6.45, 7) is 3.07. The molecule has 0 bridgehead atoms. The molecule has 0 spiro atoms. The first-order chi connectivity index (χ1) is 6.74. The van der Waals surface area contributed by atoms with E-state index < -0.39 is 0 Å². The summed E-state index contributed by atoms with van der Waals surface area (Å²) in [5.74, 6) is 1.63. The number of rotatable bonds is 1. The fraction of sp³-hybridized carbons (Fsp3) is 0.400. The largest absolute Gasteiger partial charge is 0.507 e. The topological polar surface area (TPSA) is 38.7 Å². The molecule has 76 valence electrons. The summed E-state index contributed by atoms with van der Waals surface area (Å²) in [7, 11) is 0. The van der Waals surface area contributed by atoms with Gasteiger partial charge < -0.3 is 14.6 Å². The van der Waals surface area contributed by atoms with Crippen molar-refractivity contribution in [2.75, 3.05) is 13.2 Å². The highest BCUT2D eigenvalue weighted by molar-refractivity contribution is 9.10. The van der Waals surface area contributed by atoms with Gasteiger partial charge in [0.15, 0.2) is 11.5 Å². The average molecular weight is 259 g/mol. The quantitative estimate of drug-likeness (QED) is 0.842. The molecule has 3 nitrogen and oxygen atoms in total. The summed E-state index contributed by atoms with van der Waals surface area (Å²) in [5, 5.41) is 9.68. The predicted octanol–water partition coefficient (Wildman–Crippen LogP) is 2.49. The lowest BCUT2D eigenvalue weighted by atomic mass is 10.1. The molecule has 1 aliphatic heterocycles. The lowest BCUT2D eigenvalue weighted by molar-refractivity contribution is 0.168. The van der Waals surface area contributed by atoms with Crippen LogP contribution in [0.1, 0.15) is 12.5 Å². The Morgan fingerprint density at radius 3 is 2.64 bits per heavy atom. The number of hydrogen-bond donors (Lipinski definition) is 1. The second-order valence-electron chi connectivity index (χ2n) is 3.06. The molecule has 1 N–H and O–H groups in total. The standard InChI is InChI=1S/C10H11BrO3/c1-2-6-8(12)5-7(11)10-9(6)13-3-4-14-10/h5,12H,2-4H2,1H3. The summed E-state index contributed by atoms with van der Waals surface area (Å²) in [4.78, 5) is 0. The molecular formula is C10H11BrO3. The smallest absolute Gasteiger partial charge is 0.176 e. The van der Waals surface area contributed by atoms with Gasteiger partial charge in [-0.1, -0.05) is 6.92 Å². The number of phenols is 1. The van der Waals surface area contributed by atoms with E-state index in [0.29, 0.717) is 24.7 Å². The van der Waals surface area contributed by atoms with Gasteiger partial charge in [0, 0.05) is 5.56 Å². The van der Waals surface area contributed by atoms with Gasteiger partial charge in [-0.15, -0.1) is 0 Å². The van der Waals surface area contributed by atoms with Gasteiger partial charge in [-0.05, 0) is 28.4 Å². The third kappa shape index (κ3) is 1.43. The van der Waals surface area contributed by atoms with Crippen LogP contribution in [0.4, 0.5) is 0 Å². The van der Waals surface area contributed by atoms with Gasteiger partial charge in [0.2, 0.25) is 0 Å². The lowest BCUT2D eigenvalue weighted by Gasteiger charge is -2.22. The van der Waals surface area contributed by atoms with Crippen molar-refractivity contribution in [3.8, 4) is 17.2 Å². The molecule has 0 radical (unpaired) electrons. The highest BCUT2D eigenvalue weighted by atomic mass is 79.9. The maximum Gasteiger partial charge on any atom is 0.176 e. The van der Waals surface area contributed by atoms with E-state index in [4.69, 9.17) is 9.47 Å². The fourth-order valence-electron chi connectivity index (χ4n) is 1.55. The van der Waals surface area contributed by atoms with E-state index in [1.807, 2.05) is 6.92 Å². The minimum absolute atomic E-state index is 0.253. The molecule has 0 fully saturated rings. The van der Waals surface area contributed by atoms with Gasteiger partial charge in [-0.3, -0.25) is 0 Å². The van der Waals surface area contributed by atoms with Crippen LogP contribution in [-0.4, -0.2) is 18.3 Å². The van der Waals surface area contributed by atoms with Gasteiger partial charge in [-0.2, -0.15) is 0 Å². The molecule has 0 saturated carbocycles. The van der Waals surface area contributed by atoms with Gasteiger partial charge in [0.1, 0.15) is 19.0 Å². The van der Waals surface area contributed by atoms with E-state index >= 15 is 0 Å². The molecule has 0 atom stereocenters. The molecular weight excluding hydrogens is 248 g/mol. The number of aromatic hydroxyl groups is 1. The third-order valence-corrected chi connectivity index (χ3v) is 2.79. The number of benzene rings is 1. The van der Waals surface area contributed by atoms with Gasteiger partial charge in [0.05, 0.1) is 4.47 Å². The molecule has 14 heavy (non-hydrogen) atoms. The Morgan fingerprint density at radius 1 is 1.36 bits per heavy atom. The van der Waals surface area contributed by atoms with Crippen LogP contribution in [0.15, 0.2) is 10.5 Å². The molecule has 0 aromatic heterocycles. The van der Waals surface area contributed by atoms with Crippen molar-refractivity contribution in [3.63, 3.8) is 0 Å². The van der Waals surface area contributed by atoms with E-state index in [1.165, 1.54) is 0 Å². The van der Waals surface area contributed by atoms with Crippen molar-refractivity contribution in [2.45, 2.75) is 13.3 Å². The Labute approximate surface area is 90.8 Å². The Kier molecular flexibility index (Phi) is 2.54. The number of hydrogen-bond acceptors (Lipinski definition) is 3. The zero-order valence-corrected chi connectivity index (χ0v) is 9.43. The fourth-order valence-corrected chi connectivity index (χ4v) is 2.06.